The van der Waals surface area contributed by atoms with Crippen LogP contribution in [0.1, 0.15) is 23.8 Å². The minimum Gasteiger partial charge on any atom is -0.435 e. The van der Waals surface area contributed by atoms with Gasteiger partial charge in [-0.05, 0) is 42.5 Å². The normalized spacial score (nSPS) is 16.1. The minimum atomic E-state index is 0.0679. The van der Waals surface area contributed by atoms with Crippen molar-refractivity contribution in [3.8, 4) is 11.6 Å². The number of pyridine rings is 1. The van der Waals surface area contributed by atoms with Gasteiger partial charge in [-0.2, -0.15) is 0 Å². The van der Waals surface area contributed by atoms with Gasteiger partial charge in [0.05, 0.1) is 23.3 Å². The molecule has 1 aliphatic rings. The highest BCUT2D eigenvalue weighted by Gasteiger charge is 2.30. The van der Waals surface area contributed by atoms with Gasteiger partial charge < -0.3 is 15.0 Å². The lowest BCUT2D eigenvalue weighted by Crippen LogP contribution is -2.34. The van der Waals surface area contributed by atoms with E-state index < -0.39 is 0 Å². The quantitative estimate of drug-likeness (QED) is 0.501. The number of aromatic nitrogens is 1. The van der Waals surface area contributed by atoms with Gasteiger partial charge in [0.2, 0.25) is 11.8 Å². The molecular formula is C21H19Cl2N3O2S. The van der Waals surface area contributed by atoms with Crippen LogP contribution in [0.25, 0.3) is 0 Å². The van der Waals surface area contributed by atoms with Crippen molar-refractivity contribution in [1.82, 2.24) is 9.88 Å². The van der Waals surface area contributed by atoms with Crippen LogP contribution in [0.2, 0.25) is 10.0 Å². The summed E-state index contributed by atoms with van der Waals surface area (Å²) < 4.78 is 5.85. The monoisotopic (exact) mass is 447 g/mol. The molecule has 0 aliphatic carbocycles. The number of hydrogen-bond donors (Lipinski definition) is 1. The second-order valence-electron chi connectivity index (χ2n) is 6.65. The van der Waals surface area contributed by atoms with Gasteiger partial charge in [0, 0.05) is 17.6 Å². The number of nitrogens with one attached hydrogen (secondary N) is 1. The number of thiophene rings is 1. The van der Waals surface area contributed by atoms with Crippen LogP contribution in [0.15, 0.2) is 54.0 Å². The summed E-state index contributed by atoms with van der Waals surface area (Å²) in [5.74, 6) is 0.862. The third-order valence-corrected chi connectivity index (χ3v) is 6.19. The van der Waals surface area contributed by atoms with Gasteiger partial charge in [0.15, 0.2) is 5.75 Å². The van der Waals surface area contributed by atoms with E-state index in [0.717, 1.165) is 19.4 Å². The molecule has 150 valence electrons. The SMILES string of the molecule is O=C(CNc1ccccc1Oc1ncc(Cl)cc1Cl)N1CCCC1c1cccs1. The molecule has 5 nitrogen and oxygen atoms in total. The van der Waals surface area contributed by atoms with Crippen LogP contribution in [0.3, 0.4) is 0 Å². The van der Waals surface area contributed by atoms with Crippen LogP contribution in [0, 0.1) is 0 Å². The van der Waals surface area contributed by atoms with Gasteiger partial charge in [0.1, 0.15) is 5.02 Å². The maximum atomic E-state index is 12.9. The molecule has 0 radical (unpaired) electrons. The number of likely N-dealkylation sites (tertiary alicyclic amines) is 1. The zero-order valence-electron chi connectivity index (χ0n) is 15.5. The van der Waals surface area contributed by atoms with Crippen molar-refractivity contribution in [2.75, 3.05) is 18.4 Å². The number of ether oxygens (including phenoxy) is 1. The number of halogens is 2. The van der Waals surface area contributed by atoms with Crippen LogP contribution >= 0.6 is 34.5 Å². The fourth-order valence-electron chi connectivity index (χ4n) is 3.40. The molecule has 1 saturated heterocycles. The Morgan fingerprint density at radius 3 is 2.93 bits per heavy atom. The lowest BCUT2D eigenvalue weighted by Gasteiger charge is -2.24. The number of hydrogen-bond acceptors (Lipinski definition) is 5. The van der Waals surface area contributed by atoms with Gasteiger partial charge in [-0.25, -0.2) is 4.98 Å². The van der Waals surface area contributed by atoms with Crippen molar-refractivity contribution in [3.63, 3.8) is 0 Å². The van der Waals surface area contributed by atoms with Crippen molar-refractivity contribution in [3.05, 3.63) is 69.0 Å². The average Bonchev–Trinajstić information content (AvgIpc) is 3.40. The van der Waals surface area contributed by atoms with Crippen LogP contribution in [-0.4, -0.2) is 28.9 Å². The number of amides is 1. The summed E-state index contributed by atoms with van der Waals surface area (Å²) in [4.78, 5) is 20.2. The topological polar surface area (TPSA) is 54.5 Å². The molecule has 3 aromatic rings. The number of rotatable bonds is 6. The Balaban J connectivity index is 1.44. The summed E-state index contributed by atoms with van der Waals surface area (Å²) in [5.41, 5.74) is 0.695. The second-order valence-corrected chi connectivity index (χ2v) is 8.48. The lowest BCUT2D eigenvalue weighted by molar-refractivity contribution is -0.130. The molecule has 1 N–H and O–H groups in total. The van der Waals surface area contributed by atoms with Crippen molar-refractivity contribution in [1.29, 1.82) is 0 Å². The van der Waals surface area contributed by atoms with Crippen LogP contribution in [0.5, 0.6) is 11.6 Å². The maximum Gasteiger partial charge on any atom is 0.242 e. The molecule has 3 heterocycles. The second kappa shape index (κ2) is 9.03. The average molecular weight is 448 g/mol. The summed E-state index contributed by atoms with van der Waals surface area (Å²) in [5, 5.41) is 6.00. The first-order valence-corrected chi connectivity index (χ1v) is 10.9. The van der Waals surface area contributed by atoms with Crippen LogP contribution in [-0.2, 0) is 4.79 Å². The summed E-state index contributed by atoms with van der Waals surface area (Å²) in [6, 6.07) is 13.2. The zero-order valence-corrected chi connectivity index (χ0v) is 17.8. The third kappa shape index (κ3) is 4.66. The van der Waals surface area contributed by atoms with E-state index in [1.807, 2.05) is 29.2 Å². The summed E-state index contributed by atoms with van der Waals surface area (Å²) in [7, 11) is 0. The first kappa shape index (κ1) is 20.0. The van der Waals surface area contributed by atoms with E-state index in [0.29, 0.717) is 21.5 Å². The fourth-order valence-corrected chi connectivity index (χ4v) is 4.69. The molecule has 0 bridgehead atoms. The Hall–Kier alpha value is -2.28. The lowest BCUT2D eigenvalue weighted by atomic mass is 10.2. The molecular weight excluding hydrogens is 429 g/mol. The number of carbonyl (C=O) groups is 1. The van der Waals surface area contributed by atoms with Crippen molar-refractivity contribution in [2.24, 2.45) is 0 Å². The Kier molecular flexibility index (Phi) is 6.23. The molecule has 1 aromatic carbocycles. The van der Waals surface area contributed by atoms with Crippen LogP contribution < -0.4 is 10.1 Å². The van der Waals surface area contributed by atoms with Gasteiger partial charge in [-0.15, -0.1) is 11.3 Å². The zero-order chi connectivity index (χ0) is 20.2. The fraction of sp³-hybridized carbons (Fsp3) is 0.238. The first-order chi connectivity index (χ1) is 14.1. The largest absolute Gasteiger partial charge is 0.435 e. The summed E-state index contributed by atoms with van der Waals surface area (Å²) in [6.45, 7) is 0.968. The van der Waals surface area contributed by atoms with E-state index in [1.54, 1.807) is 23.5 Å². The molecule has 0 spiro atoms. The number of nitrogens with zero attached hydrogens (tertiary/aromatic N) is 2. The highest BCUT2D eigenvalue weighted by molar-refractivity contribution is 7.10. The van der Waals surface area contributed by atoms with Crippen molar-refractivity contribution < 1.29 is 9.53 Å². The maximum absolute atomic E-state index is 12.9. The molecule has 4 rings (SSSR count). The molecule has 0 saturated carbocycles. The van der Waals surface area contributed by atoms with Gasteiger partial charge in [-0.1, -0.05) is 41.4 Å². The third-order valence-electron chi connectivity index (χ3n) is 4.74. The van der Waals surface area contributed by atoms with E-state index in [4.69, 9.17) is 27.9 Å². The smallest absolute Gasteiger partial charge is 0.242 e. The number of anilines is 1. The molecule has 1 atom stereocenters. The standard InChI is InChI=1S/C21H19Cl2N3O2S/c22-14-11-15(23)21(25-12-14)28-18-7-2-1-5-16(18)24-13-20(27)26-9-3-6-17(26)19-8-4-10-29-19/h1-2,4-5,7-8,10-12,17,24H,3,6,9,13H2. The van der Waals surface area contributed by atoms with Crippen molar-refractivity contribution in [2.45, 2.75) is 18.9 Å². The Morgan fingerprint density at radius 2 is 2.14 bits per heavy atom. The number of para-hydroxylation sites is 2. The van der Waals surface area contributed by atoms with E-state index in [-0.39, 0.29) is 24.4 Å². The Labute approximate surface area is 183 Å². The number of carbonyl (C=O) groups excluding carboxylic acids is 1. The Bertz CT molecular complexity index is 997. The highest BCUT2D eigenvalue weighted by atomic mass is 35.5. The Morgan fingerprint density at radius 1 is 1.28 bits per heavy atom. The minimum absolute atomic E-state index is 0.0679. The molecule has 1 amide bonds. The molecule has 1 fully saturated rings. The van der Waals surface area contributed by atoms with Gasteiger partial charge in [0.25, 0.3) is 0 Å². The van der Waals surface area contributed by atoms with Crippen molar-refractivity contribution >= 4 is 46.1 Å². The summed E-state index contributed by atoms with van der Waals surface area (Å²) >= 11 is 13.7. The van der Waals surface area contributed by atoms with E-state index in [9.17, 15) is 4.79 Å². The van der Waals surface area contributed by atoms with Gasteiger partial charge >= 0.3 is 0 Å². The van der Waals surface area contributed by atoms with E-state index >= 15 is 0 Å². The molecule has 1 aliphatic heterocycles. The van der Waals surface area contributed by atoms with E-state index in [1.165, 1.54) is 11.1 Å². The highest BCUT2D eigenvalue weighted by Crippen LogP contribution is 2.35. The molecule has 2 aromatic heterocycles. The molecule has 8 heteroatoms. The van der Waals surface area contributed by atoms with Gasteiger partial charge in [-0.3, -0.25) is 4.79 Å². The van der Waals surface area contributed by atoms with E-state index in [2.05, 4.69) is 21.7 Å². The number of benzene rings is 1. The van der Waals surface area contributed by atoms with Crippen LogP contribution in [0.4, 0.5) is 5.69 Å². The molecule has 1 unspecified atom stereocenters. The first-order valence-electron chi connectivity index (χ1n) is 9.26. The molecule has 29 heavy (non-hydrogen) atoms. The predicted molar refractivity (Wildman–Crippen MR) is 117 cm³/mol. The predicted octanol–water partition coefficient (Wildman–Crippen LogP) is 6.02. The summed E-state index contributed by atoms with van der Waals surface area (Å²) in [6.07, 6.45) is 3.50.